The molecular formula is C21H19ClN2O3S2. The molecule has 29 heavy (non-hydrogen) atoms. The molecule has 0 aliphatic carbocycles. The Morgan fingerprint density at radius 1 is 1.00 bits per heavy atom. The maximum atomic E-state index is 13.1. The number of carbonyl (C=O) groups excluding carboxylic acids is 1. The van der Waals surface area contributed by atoms with E-state index in [0.717, 1.165) is 9.20 Å². The zero-order valence-electron chi connectivity index (χ0n) is 15.8. The number of carbonyl (C=O) groups is 1. The Morgan fingerprint density at radius 3 is 2.41 bits per heavy atom. The van der Waals surface area contributed by atoms with Crippen LogP contribution in [0.5, 0.6) is 0 Å². The molecule has 1 N–H and O–H groups in total. The number of hydrogen-bond acceptors (Lipinski definition) is 4. The molecule has 0 aliphatic rings. The van der Waals surface area contributed by atoms with Crippen molar-refractivity contribution >= 4 is 50.7 Å². The summed E-state index contributed by atoms with van der Waals surface area (Å²) in [6.45, 7) is 0. The Labute approximate surface area is 179 Å². The van der Waals surface area contributed by atoms with Gasteiger partial charge in [0.05, 0.1) is 10.7 Å². The van der Waals surface area contributed by atoms with Gasteiger partial charge in [0.2, 0.25) is 0 Å². The number of hydrogen-bond donors (Lipinski definition) is 1. The maximum Gasteiger partial charge on any atom is 0.265 e. The van der Waals surface area contributed by atoms with E-state index >= 15 is 0 Å². The van der Waals surface area contributed by atoms with Crippen LogP contribution in [0, 0.1) is 0 Å². The average Bonchev–Trinajstić information content (AvgIpc) is 2.74. The van der Waals surface area contributed by atoms with Crippen molar-refractivity contribution in [2.24, 2.45) is 0 Å². The van der Waals surface area contributed by atoms with Crippen LogP contribution in [0.15, 0.2) is 82.6 Å². The van der Waals surface area contributed by atoms with Crippen molar-refractivity contribution < 1.29 is 13.2 Å². The van der Waals surface area contributed by atoms with Crippen LogP contribution in [0.3, 0.4) is 0 Å². The molecule has 0 aliphatic heterocycles. The van der Waals surface area contributed by atoms with Gasteiger partial charge in [0.25, 0.3) is 15.9 Å². The first-order valence-corrected chi connectivity index (χ1v) is 11.7. The Kier molecular flexibility index (Phi) is 6.52. The van der Waals surface area contributed by atoms with E-state index in [1.807, 2.05) is 24.5 Å². The first kappa shape index (κ1) is 21.2. The molecule has 3 rings (SSSR count). The lowest BCUT2D eigenvalue weighted by atomic mass is 10.2. The van der Waals surface area contributed by atoms with E-state index < -0.39 is 15.9 Å². The predicted octanol–water partition coefficient (Wildman–Crippen LogP) is 5.14. The first-order chi connectivity index (χ1) is 13.8. The molecule has 0 saturated carbocycles. The summed E-state index contributed by atoms with van der Waals surface area (Å²) in [5.41, 5.74) is 1.32. The standard InChI is InChI=1S/C21H19ClN2O3S2/c1-24(17-8-4-3-5-9-17)29(26,27)20-13-15(11-12-19(20)22)21(25)23-16-7-6-10-18(14-16)28-2/h3-14H,1-2H3,(H,23,25). The summed E-state index contributed by atoms with van der Waals surface area (Å²) >= 11 is 7.74. The first-order valence-electron chi connectivity index (χ1n) is 8.62. The summed E-state index contributed by atoms with van der Waals surface area (Å²) in [6, 6.07) is 20.3. The zero-order valence-corrected chi connectivity index (χ0v) is 18.2. The second-order valence-electron chi connectivity index (χ2n) is 6.14. The monoisotopic (exact) mass is 446 g/mol. The van der Waals surface area contributed by atoms with Gasteiger partial charge in [-0.05, 0) is 54.8 Å². The van der Waals surface area contributed by atoms with Crippen LogP contribution < -0.4 is 9.62 Å². The highest BCUT2D eigenvalue weighted by Gasteiger charge is 2.25. The highest BCUT2D eigenvalue weighted by atomic mass is 35.5. The summed E-state index contributed by atoms with van der Waals surface area (Å²) in [5, 5.41) is 2.84. The number of anilines is 2. The minimum absolute atomic E-state index is 0.0497. The van der Waals surface area contributed by atoms with Crippen LogP contribution in [-0.4, -0.2) is 27.6 Å². The molecule has 5 nitrogen and oxygen atoms in total. The van der Waals surface area contributed by atoms with Crippen LogP contribution >= 0.6 is 23.4 Å². The largest absolute Gasteiger partial charge is 0.322 e. The Hall–Kier alpha value is -2.48. The highest BCUT2D eigenvalue weighted by Crippen LogP contribution is 2.29. The van der Waals surface area contributed by atoms with Crippen molar-refractivity contribution in [1.82, 2.24) is 0 Å². The average molecular weight is 447 g/mol. The van der Waals surface area contributed by atoms with Gasteiger partial charge in [0, 0.05) is 23.2 Å². The second kappa shape index (κ2) is 8.90. The minimum atomic E-state index is -3.94. The van der Waals surface area contributed by atoms with Gasteiger partial charge in [0.1, 0.15) is 4.90 Å². The normalized spacial score (nSPS) is 11.1. The molecule has 3 aromatic rings. The molecular weight excluding hydrogens is 428 g/mol. The molecule has 0 fully saturated rings. The Balaban J connectivity index is 1.92. The fourth-order valence-electron chi connectivity index (χ4n) is 2.67. The lowest BCUT2D eigenvalue weighted by molar-refractivity contribution is 0.102. The van der Waals surface area contributed by atoms with Gasteiger partial charge in [-0.25, -0.2) is 8.42 Å². The summed E-state index contributed by atoms with van der Waals surface area (Å²) in [5.74, 6) is -0.418. The number of amides is 1. The lowest BCUT2D eigenvalue weighted by Crippen LogP contribution is -2.27. The molecule has 1 amide bonds. The highest BCUT2D eigenvalue weighted by molar-refractivity contribution is 7.98. The maximum absolute atomic E-state index is 13.1. The van der Waals surface area contributed by atoms with Gasteiger partial charge >= 0.3 is 0 Å². The molecule has 0 unspecified atom stereocenters. The van der Waals surface area contributed by atoms with Crippen molar-refractivity contribution in [3.05, 3.63) is 83.4 Å². The molecule has 3 aromatic carbocycles. The van der Waals surface area contributed by atoms with Gasteiger partial charge in [-0.15, -0.1) is 11.8 Å². The third-order valence-corrected chi connectivity index (χ3v) is 7.27. The summed E-state index contributed by atoms with van der Waals surface area (Å²) < 4.78 is 27.3. The van der Waals surface area contributed by atoms with Crippen molar-refractivity contribution in [3.63, 3.8) is 0 Å². The quantitative estimate of drug-likeness (QED) is 0.532. The molecule has 8 heteroatoms. The number of halogens is 1. The van der Waals surface area contributed by atoms with Crippen LogP contribution in [0.4, 0.5) is 11.4 Å². The van der Waals surface area contributed by atoms with E-state index in [-0.39, 0.29) is 15.5 Å². The molecule has 0 saturated heterocycles. The lowest BCUT2D eigenvalue weighted by Gasteiger charge is -2.20. The van der Waals surface area contributed by atoms with Gasteiger partial charge in [0.15, 0.2) is 0 Å². The van der Waals surface area contributed by atoms with E-state index in [0.29, 0.717) is 11.4 Å². The molecule has 0 atom stereocenters. The van der Waals surface area contributed by atoms with E-state index in [9.17, 15) is 13.2 Å². The number of nitrogens with zero attached hydrogens (tertiary/aromatic N) is 1. The van der Waals surface area contributed by atoms with E-state index in [1.165, 1.54) is 25.2 Å². The fraction of sp³-hybridized carbons (Fsp3) is 0.0952. The number of rotatable bonds is 6. The number of thioether (sulfide) groups is 1. The topological polar surface area (TPSA) is 66.5 Å². The van der Waals surface area contributed by atoms with Crippen molar-refractivity contribution in [3.8, 4) is 0 Å². The van der Waals surface area contributed by atoms with Gasteiger partial charge < -0.3 is 5.32 Å². The van der Waals surface area contributed by atoms with Gasteiger partial charge in [-0.3, -0.25) is 9.10 Å². The van der Waals surface area contributed by atoms with E-state index in [4.69, 9.17) is 11.6 Å². The van der Waals surface area contributed by atoms with Crippen molar-refractivity contribution in [2.75, 3.05) is 22.9 Å². The summed E-state index contributed by atoms with van der Waals surface area (Å²) in [4.78, 5) is 13.6. The zero-order chi connectivity index (χ0) is 21.0. The third-order valence-electron chi connectivity index (χ3n) is 4.28. The summed E-state index contributed by atoms with van der Waals surface area (Å²) in [7, 11) is -2.50. The fourth-order valence-corrected chi connectivity index (χ4v) is 4.82. The predicted molar refractivity (Wildman–Crippen MR) is 120 cm³/mol. The van der Waals surface area contributed by atoms with Gasteiger partial charge in [-0.1, -0.05) is 35.9 Å². The molecule has 0 aromatic heterocycles. The van der Waals surface area contributed by atoms with Crippen LogP contribution in [0.1, 0.15) is 10.4 Å². The molecule has 0 heterocycles. The molecule has 0 bridgehead atoms. The van der Waals surface area contributed by atoms with Gasteiger partial charge in [-0.2, -0.15) is 0 Å². The van der Waals surface area contributed by atoms with Crippen LogP contribution in [0.2, 0.25) is 5.02 Å². The summed E-state index contributed by atoms with van der Waals surface area (Å²) in [6.07, 6.45) is 1.94. The third kappa shape index (κ3) is 4.75. The van der Waals surface area contributed by atoms with E-state index in [1.54, 1.807) is 48.2 Å². The number of nitrogens with one attached hydrogen (secondary N) is 1. The van der Waals surface area contributed by atoms with Crippen LogP contribution in [0.25, 0.3) is 0 Å². The molecule has 0 spiro atoms. The number of para-hydroxylation sites is 1. The number of benzene rings is 3. The number of sulfonamides is 1. The Morgan fingerprint density at radius 2 is 1.72 bits per heavy atom. The van der Waals surface area contributed by atoms with E-state index in [2.05, 4.69) is 5.32 Å². The molecule has 150 valence electrons. The Bertz CT molecular complexity index is 1140. The second-order valence-corrected chi connectivity index (χ2v) is 9.36. The van der Waals surface area contributed by atoms with Crippen molar-refractivity contribution in [2.45, 2.75) is 9.79 Å². The molecule has 0 radical (unpaired) electrons. The SMILES string of the molecule is CSc1cccc(NC(=O)c2ccc(Cl)c(S(=O)(=O)N(C)c3ccccc3)c2)c1. The minimum Gasteiger partial charge on any atom is -0.322 e. The van der Waals surface area contributed by atoms with Crippen LogP contribution in [-0.2, 0) is 10.0 Å². The smallest absolute Gasteiger partial charge is 0.265 e. The van der Waals surface area contributed by atoms with Crippen molar-refractivity contribution in [1.29, 1.82) is 0 Å².